The molecule has 0 saturated heterocycles. The smallest absolute Gasteiger partial charge is 0.0696 e. The second-order valence-electron chi connectivity index (χ2n) is 4.05. The summed E-state index contributed by atoms with van der Waals surface area (Å²) in [6.07, 6.45) is 6.04. The Morgan fingerprint density at radius 1 is 1.25 bits per heavy atom. The van der Waals surface area contributed by atoms with Crippen molar-refractivity contribution in [2.75, 3.05) is 0 Å². The number of pyridine rings is 1. The van der Waals surface area contributed by atoms with Gasteiger partial charge in [-0.05, 0) is 50.5 Å². The minimum absolute atomic E-state index is 0.939. The lowest BCUT2D eigenvalue weighted by Gasteiger charge is -2.04. The molecular formula is C15H19N. The maximum Gasteiger partial charge on any atom is 0.0696 e. The molecule has 0 unspecified atom stereocenters. The maximum atomic E-state index is 4.35. The van der Waals surface area contributed by atoms with Gasteiger partial charge in [-0.3, -0.25) is 4.98 Å². The van der Waals surface area contributed by atoms with Crippen molar-refractivity contribution < 1.29 is 0 Å². The average molecular weight is 213 g/mol. The van der Waals surface area contributed by atoms with E-state index in [1.54, 1.807) is 0 Å². The van der Waals surface area contributed by atoms with Crippen LogP contribution in [0.15, 0.2) is 48.2 Å². The van der Waals surface area contributed by atoms with Crippen LogP contribution in [-0.4, -0.2) is 4.98 Å². The van der Waals surface area contributed by atoms with Crippen molar-refractivity contribution in [3.8, 4) is 0 Å². The zero-order chi connectivity index (χ0) is 12.1. The van der Waals surface area contributed by atoms with Crippen molar-refractivity contribution in [2.24, 2.45) is 0 Å². The molecule has 0 aliphatic heterocycles. The first-order chi connectivity index (χ1) is 7.54. The summed E-state index contributed by atoms with van der Waals surface area (Å²) in [6.45, 7) is 12.3. The SMILES string of the molecule is C=C(/C=C(C)\C(C)=C\C)c1ccc(C)cn1. The third-order valence-corrected chi connectivity index (χ3v) is 2.69. The molecule has 0 amide bonds. The van der Waals surface area contributed by atoms with Crippen LogP contribution in [0.1, 0.15) is 32.0 Å². The normalized spacial score (nSPS) is 12.8. The molecule has 0 aliphatic rings. The van der Waals surface area contributed by atoms with Crippen LogP contribution in [0.4, 0.5) is 0 Å². The van der Waals surface area contributed by atoms with E-state index in [2.05, 4.69) is 43.6 Å². The Morgan fingerprint density at radius 2 is 1.94 bits per heavy atom. The van der Waals surface area contributed by atoms with Gasteiger partial charge in [0.2, 0.25) is 0 Å². The molecule has 0 spiro atoms. The van der Waals surface area contributed by atoms with Gasteiger partial charge in [0.15, 0.2) is 0 Å². The molecule has 0 aliphatic carbocycles. The molecule has 1 heterocycles. The van der Waals surface area contributed by atoms with Crippen LogP contribution in [0.25, 0.3) is 5.57 Å². The van der Waals surface area contributed by atoms with Crippen LogP contribution in [0.5, 0.6) is 0 Å². The maximum absolute atomic E-state index is 4.35. The van der Waals surface area contributed by atoms with E-state index in [-0.39, 0.29) is 0 Å². The fourth-order valence-electron chi connectivity index (χ4n) is 1.33. The molecule has 1 heteroatoms. The molecule has 16 heavy (non-hydrogen) atoms. The average Bonchev–Trinajstić information content (AvgIpc) is 2.28. The number of rotatable bonds is 3. The van der Waals surface area contributed by atoms with Gasteiger partial charge in [-0.2, -0.15) is 0 Å². The summed E-state index contributed by atoms with van der Waals surface area (Å²) >= 11 is 0. The van der Waals surface area contributed by atoms with E-state index < -0.39 is 0 Å². The van der Waals surface area contributed by atoms with Gasteiger partial charge in [0.1, 0.15) is 0 Å². The molecule has 1 aromatic rings. The Balaban J connectivity index is 2.92. The highest BCUT2D eigenvalue weighted by Gasteiger charge is 1.98. The van der Waals surface area contributed by atoms with Crippen molar-refractivity contribution in [2.45, 2.75) is 27.7 Å². The van der Waals surface area contributed by atoms with Gasteiger partial charge in [-0.1, -0.05) is 30.4 Å². The molecule has 1 aromatic heterocycles. The molecule has 0 aromatic carbocycles. The number of allylic oxidation sites excluding steroid dienone is 5. The first-order valence-corrected chi connectivity index (χ1v) is 5.48. The fraction of sp³-hybridized carbons (Fsp3) is 0.267. The van der Waals surface area contributed by atoms with E-state index >= 15 is 0 Å². The molecule has 0 atom stereocenters. The molecule has 0 bridgehead atoms. The van der Waals surface area contributed by atoms with Crippen molar-refractivity contribution in [1.82, 2.24) is 4.98 Å². The Kier molecular flexibility index (Phi) is 4.24. The van der Waals surface area contributed by atoms with Crippen molar-refractivity contribution in [1.29, 1.82) is 0 Å². The van der Waals surface area contributed by atoms with Gasteiger partial charge < -0.3 is 0 Å². The predicted molar refractivity (Wildman–Crippen MR) is 71.2 cm³/mol. The first kappa shape index (κ1) is 12.4. The zero-order valence-corrected chi connectivity index (χ0v) is 10.5. The third kappa shape index (κ3) is 3.20. The number of hydrogen-bond donors (Lipinski definition) is 0. The van der Waals surface area contributed by atoms with Gasteiger partial charge in [-0.15, -0.1) is 0 Å². The van der Waals surface area contributed by atoms with Crippen LogP contribution in [-0.2, 0) is 0 Å². The van der Waals surface area contributed by atoms with E-state index in [1.165, 1.54) is 16.7 Å². The molecule has 84 valence electrons. The van der Waals surface area contributed by atoms with Crippen LogP contribution in [0, 0.1) is 6.92 Å². The number of aromatic nitrogens is 1. The highest BCUT2D eigenvalue weighted by Crippen LogP contribution is 2.17. The quantitative estimate of drug-likeness (QED) is 0.681. The lowest BCUT2D eigenvalue weighted by atomic mass is 10.0. The molecular weight excluding hydrogens is 194 g/mol. The number of aryl methyl sites for hydroxylation is 1. The first-order valence-electron chi connectivity index (χ1n) is 5.48. The van der Waals surface area contributed by atoms with E-state index in [1.807, 2.05) is 26.1 Å². The zero-order valence-electron chi connectivity index (χ0n) is 10.5. The summed E-state index contributed by atoms with van der Waals surface area (Å²) in [5.74, 6) is 0. The van der Waals surface area contributed by atoms with Crippen LogP contribution in [0.3, 0.4) is 0 Å². The minimum atomic E-state index is 0.939. The number of nitrogens with zero attached hydrogens (tertiary/aromatic N) is 1. The largest absolute Gasteiger partial charge is 0.256 e. The molecule has 1 nitrogen and oxygen atoms in total. The minimum Gasteiger partial charge on any atom is -0.256 e. The van der Waals surface area contributed by atoms with Crippen LogP contribution < -0.4 is 0 Å². The van der Waals surface area contributed by atoms with E-state index in [9.17, 15) is 0 Å². The van der Waals surface area contributed by atoms with Crippen molar-refractivity contribution in [3.63, 3.8) is 0 Å². The van der Waals surface area contributed by atoms with Crippen LogP contribution >= 0.6 is 0 Å². The Labute approximate surface area is 98.2 Å². The summed E-state index contributed by atoms with van der Waals surface area (Å²) in [5, 5.41) is 0. The predicted octanol–water partition coefficient (Wildman–Crippen LogP) is 4.32. The van der Waals surface area contributed by atoms with Gasteiger partial charge in [-0.25, -0.2) is 0 Å². The Bertz CT molecular complexity index is 433. The van der Waals surface area contributed by atoms with Gasteiger partial charge in [0.05, 0.1) is 5.69 Å². The second-order valence-corrected chi connectivity index (χ2v) is 4.05. The molecule has 0 N–H and O–H groups in total. The molecule has 1 rings (SSSR count). The Morgan fingerprint density at radius 3 is 2.44 bits per heavy atom. The molecule has 0 fully saturated rings. The monoisotopic (exact) mass is 213 g/mol. The van der Waals surface area contributed by atoms with E-state index in [0.29, 0.717) is 0 Å². The van der Waals surface area contributed by atoms with Gasteiger partial charge >= 0.3 is 0 Å². The second kappa shape index (κ2) is 5.45. The highest BCUT2D eigenvalue weighted by molar-refractivity contribution is 5.71. The molecule has 0 radical (unpaired) electrons. The van der Waals surface area contributed by atoms with Crippen molar-refractivity contribution >= 4 is 5.57 Å². The lowest BCUT2D eigenvalue weighted by Crippen LogP contribution is -1.88. The third-order valence-electron chi connectivity index (χ3n) is 2.69. The van der Waals surface area contributed by atoms with E-state index in [0.717, 1.165) is 11.3 Å². The summed E-state index contributed by atoms with van der Waals surface area (Å²) < 4.78 is 0. The summed E-state index contributed by atoms with van der Waals surface area (Å²) in [7, 11) is 0. The Hall–Kier alpha value is -1.63. The van der Waals surface area contributed by atoms with Crippen LogP contribution in [0.2, 0.25) is 0 Å². The molecule has 0 saturated carbocycles. The lowest BCUT2D eigenvalue weighted by molar-refractivity contribution is 1.23. The van der Waals surface area contributed by atoms with E-state index in [4.69, 9.17) is 0 Å². The fourth-order valence-corrected chi connectivity index (χ4v) is 1.33. The summed E-state index contributed by atoms with van der Waals surface area (Å²) in [5.41, 5.74) is 5.57. The standard InChI is InChI=1S/C15H19N/c1-6-12(3)13(4)9-14(5)15-8-7-11(2)10-16-15/h6-10H,5H2,1-4H3/b12-6+,13-9-. The highest BCUT2D eigenvalue weighted by atomic mass is 14.7. The topological polar surface area (TPSA) is 12.9 Å². The van der Waals surface area contributed by atoms with Crippen molar-refractivity contribution in [3.05, 3.63) is 59.5 Å². The van der Waals surface area contributed by atoms with Gasteiger partial charge in [0, 0.05) is 6.20 Å². The number of hydrogen-bond acceptors (Lipinski definition) is 1. The van der Waals surface area contributed by atoms with Gasteiger partial charge in [0.25, 0.3) is 0 Å². The summed E-state index contributed by atoms with van der Waals surface area (Å²) in [6, 6.07) is 4.06. The summed E-state index contributed by atoms with van der Waals surface area (Å²) in [4.78, 5) is 4.35.